The van der Waals surface area contributed by atoms with E-state index in [0.717, 1.165) is 11.1 Å². The third kappa shape index (κ3) is 5.93. The summed E-state index contributed by atoms with van der Waals surface area (Å²) >= 11 is 5.89. The van der Waals surface area contributed by atoms with Crippen LogP contribution >= 0.6 is 11.6 Å². The van der Waals surface area contributed by atoms with Gasteiger partial charge in [-0.2, -0.15) is 0 Å². The van der Waals surface area contributed by atoms with E-state index in [1.807, 2.05) is 31.2 Å². The minimum atomic E-state index is -0.267. The first-order valence-corrected chi connectivity index (χ1v) is 10.9. The third-order valence-corrected chi connectivity index (χ3v) is 5.32. The Hall–Kier alpha value is -3.77. The molecule has 33 heavy (non-hydrogen) atoms. The molecule has 1 N–H and O–H groups in total. The van der Waals surface area contributed by atoms with Crippen LogP contribution in [-0.4, -0.2) is 31.6 Å². The fourth-order valence-electron chi connectivity index (χ4n) is 3.34. The summed E-state index contributed by atoms with van der Waals surface area (Å²) in [7, 11) is 0. The predicted octanol–water partition coefficient (Wildman–Crippen LogP) is 5.10. The molecule has 0 unspecified atom stereocenters. The number of nitrogens with zero attached hydrogens (tertiary/aromatic N) is 1. The van der Waals surface area contributed by atoms with Gasteiger partial charge in [0.15, 0.2) is 6.61 Å². The molecule has 1 heterocycles. The van der Waals surface area contributed by atoms with Crippen LogP contribution in [0.4, 0.5) is 11.4 Å². The average molecular weight is 463 g/mol. The van der Waals surface area contributed by atoms with E-state index in [1.54, 1.807) is 53.4 Å². The highest BCUT2D eigenvalue weighted by molar-refractivity contribution is 6.30. The standard InChI is InChI=1S/C26H23ClN2O4/c1-18-2-4-19(5-3-18)6-13-25(30)28-21-9-12-24-23(16-21)29(26(31)17-33-24)14-15-32-22-10-7-20(27)8-11-22/h2-13,16H,14-15,17H2,1H3,(H,28,30)/b13-6+. The largest absolute Gasteiger partial charge is 0.492 e. The summed E-state index contributed by atoms with van der Waals surface area (Å²) in [5, 5.41) is 3.46. The van der Waals surface area contributed by atoms with Crippen LogP contribution in [0.3, 0.4) is 0 Å². The number of carbonyl (C=O) groups excluding carboxylic acids is 2. The number of ether oxygens (including phenoxy) is 2. The minimum Gasteiger partial charge on any atom is -0.492 e. The van der Waals surface area contributed by atoms with Gasteiger partial charge < -0.3 is 19.7 Å². The van der Waals surface area contributed by atoms with Crippen molar-refractivity contribution < 1.29 is 19.1 Å². The van der Waals surface area contributed by atoms with Crippen molar-refractivity contribution in [2.45, 2.75) is 6.92 Å². The van der Waals surface area contributed by atoms with Gasteiger partial charge in [-0.05, 0) is 61.0 Å². The summed E-state index contributed by atoms with van der Waals surface area (Å²) in [6, 6.07) is 20.1. The Bertz CT molecular complexity index is 1170. The number of amides is 2. The number of halogens is 1. The predicted molar refractivity (Wildman–Crippen MR) is 130 cm³/mol. The molecule has 6 nitrogen and oxygen atoms in total. The quantitative estimate of drug-likeness (QED) is 0.496. The number of benzene rings is 3. The Balaban J connectivity index is 1.41. The molecule has 0 radical (unpaired) electrons. The highest BCUT2D eigenvalue weighted by atomic mass is 35.5. The smallest absolute Gasteiger partial charge is 0.265 e. The monoisotopic (exact) mass is 462 g/mol. The van der Waals surface area contributed by atoms with Crippen LogP contribution in [0, 0.1) is 6.92 Å². The third-order valence-electron chi connectivity index (χ3n) is 5.07. The van der Waals surface area contributed by atoms with E-state index in [-0.39, 0.29) is 18.4 Å². The zero-order valence-electron chi connectivity index (χ0n) is 18.1. The second-order valence-electron chi connectivity index (χ2n) is 7.55. The van der Waals surface area contributed by atoms with E-state index in [1.165, 1.54) is 6.08 Å². The van der Waals surface area contributed by atoms with E-state index >= 15 is 0 Å². The Kier molecular flexibility index (Phi) is 6.95. The first kappa shape index (κ1) is 22.4. The van der Waals surface area contributed by atoms with E-state index in [0.29, 0.717) is 41.0 Å². The molecule has 3 aromatic rings. The number of fused-ring (bicyclic) bond motifs is 1. The number of rotatable bonds is 7. The van der Waals surface area contributed by atoms with Crippen molar-refractivity contribution >= 4 is 40.9 Å². The SMILES string of the molecule is Cc1ccc(/C=C/C(=O)Nc2ccc3c(c2)N(CCOc2ccc(Cl)cc2)C(=O)CO3)cc1. The van der Waals surface area contributed by atoms with Crippen molar-refractivity contribution in [3.63, 3.8) is 0 Å². The van der Waals surface area contributed by atoms with Crippen molar-refractivity contribution in [2.75, 3.05) is 30.0 Å². The van der Waals surface area contributed by atoms with Gasteiger partial charge in [0.25, 0.3) is 5.91 Å². The van der Waals surface area contributed by atoms with Crippen LogP contribution in [0.25, 0.3) is 6.08 Å². The molecular formula is C26H23ClN2O4. The normalized spacial score (nSPS) is 12.9. The number of nitrogens with one attached hydrogen (secondary N) is 1. The van der Waals surface area contributed by atoms with Crippen molar-refractivity contribution in [2.24, 2.45) is 0 Å². The molecule has 1 aliphatic heterocycles. The van der Waals surface area contributed by atoms with Gasteiger partial charge in [0.2, 0.25) is 5.91 Å². The fourth-order valence-corrected chi connectivity index (χ4v) is 3.47. The van der Waals surface area contributed by atoms with Crippen LogP contribution in [0.1, 0.15) is 11.1 Å². The van der Waals surface area contributed by atoms with Crippen molar-refractivity contribution in [3.05, 3.63) is 89.0 Å². The van der Waals surface area contributed by atoms with Crippen LogP contribution in [0.2, 0.25) is 5.02 Å². The maximum Gasteiger partial charge on any atom is 0.265 e. The van der Waals surface area contributed by atoms with E-state index in [9.17, 15) is 9.59 Å². The Morgan fingerprint density at radius 3 is 2.64 bits per heavy atom. The number of aryl methyl sites for hydroxylation is 1. The van der Waals surface area contributed by atoms with Crippen molar-refractivity contribution in [1.82, 2.24) is 0 Å². The Morgan fingerprint density at radius 2 is 1.88 bits per heavy atom. The van der Waals surface area contributed by atoms with Gasteiger partial charge in [0.1, 0.15) is 18.1 Å². The molecule has 0 bridgehead atoms. The maximum atomic E-state index is 12.5. The topological polar surface area (TPSA) is 67.9 Å². The minimum absolute atomic E-state index is 0.0427. The number of hydrogen-bond donors (Lipinski definition) is 1. The van der Waals surface area contributed by atoms with Gasteiger partial charge in [0, 0.05) is 16.8 Å². The summed E-state index contributed by atoms with van der Waals surface area (Å²) in [5.41, 5.74) is 3.25. The second kappa shape index (κ2) is 10.2. The lowest BCUT2D eigenvalue weighted by atomic mass is 10.1. The highest BCUT2D eigenvalue weighted by Crippen LogP contribution is 2.34. The molecule has 0 aliphatic carbocycles. The first-order valence-electron chi connectivity index (χ1n) is 10.5. The van der Waals surface area contributed by atoms with Crippen LogP contribution in [0.15, 0.2) is 72.8 Å². The van der Waals surface area contributed by atoms with Gasteiger partial charge >= 0.3 is 0 Å². The number of anilines is 2. The Labute approximate surface area is 197 Å². The number of carbonyl (C=O) groups is 2. The van der Waals surface area contributed by atoms with Crippen molar-refractivity contribution in [3.8, 4) is 11.5 Å². The van der Waals surface area contributed by atoms with Gasteiger partial charge in [-0.1, -0.05) is 41.4 Å². The summed E-state index contributed by atoms with van der Waals surface area (Å²) in [5.74, 6) is 0.803. The second-order valence-corrected chi connectivity index (χ2v) is 7.99. The molecule has 0 saturated heterocycles. The molecule has 168 valence electrons. The van der Waals surface area contributed by atoms with Crippen LogP contribution in [-0.2, 0) is 9.59 Å². The Morgan fingerprint density at radius 1 is 1.12 bits per heavy atom. The molecule has 2 amide bonds. The van der Waals surface area contributed by atoms with Gasteiger partial charge in [-0.25, -0.2) is 0 Å². The van der Waals surface area contributed by atoms with E-state index in [2.05, 4.69) is 5.32 Å². The van der Waals surface area contributed by atoms with Gasteiger partial charge in [0.05, 0.1) is 12.2 Å². The summed E-state index contributed by atoms with van der Waals surface area (Å²) in [6.45, 7) is 2.60. The van der Waals surface area contributed by atoms with Crippen molar-refractivity contribution in [1.29, 1.82) is 0 Å². The lowest BCUT2D eigenvalue weighted by Crippen LogP contribution is -2.41. The molecule has 3 aromatic carbocycles. The molecule has 4 rings (SSSR count). The lowest BCUT2D eigenvalue weighted by molar-refractivity contribution is -0.121. The molecule has 7 heteroatoms. The zero-order valence-corrected chi connectivity index (χ0v) is 18.8. The van der Waals surface area contributed by atoms with Crippen LogP contribution < -0.4 is 19.7 Å². The molecular weight excluding hydrogens is 440 g/mol. The maximum absolute atomic E-state index is 12.5. The van der Waals surface area contributed by atoms with Crippen LogP contribution in [0.5, 0.6) is 11.5 Å². The fraction of sp³-hybridized carbons (Fsp3) is 0.154. The lowest BCUT2D eigenvalue weighted by Gasteiger charge is -2.29. The van der Waals surface area contributed by atoms with Gasteiger partial charge in [-0.3, -0.25) is 9.59 Å². The summed E-state index contributed by atoms with van der Waals surface area (Å²) in [4.78, 5) is 26.5. The highest BCUT2D eigenvalue weighted by Gasteiger charge is 2.26. The molecule has 0 saturated carbocycles. The molecule has 0 atom stereocenters. The molecule has 1 aliphatic rings. The van der Waals surface area contributed by atoms with E-state index < -0.39 is 0 Å². The molecule has 0 spiro atoms. The zero-order chi connectivity index (χ0) is 23.2. The average Bonchev–Trinajstić information content (AvgIpc) is 2.81. The summed E-state index contributed by atoms with van der Waals surface area (Å²) < 4.78 is 11.3. The van der Waals surface area contributed by atoms with Gasteiger partial charge in [-0.15, -0.1) is 0 Å². The molecule has 0 fully saturated rings. The first-order chi connectivity index (χ1) is 16.0. The molecule has 0 aromatic heterocycles. The van der Waals surface area contributed by atoms with E-state index in [4.69, 9.17) is 21.1 Å². The summed E-state index contributed by atoms with van der Waals surface area (Å²) in [6.07, 6.45) is 3.23. The number of hydrogen-bond acceptors (Lipinski definition) is 4.